The molecule has 0 saturated carbocycles. The fourth-order valence-corrected chi connectivity index (χ4v) is 4.55. The number of alkyl carbamates (subject to hydrolysis) is 1. The zero-order valence-corrected chi connectivity index (χ0v) is 25.7. The lowest BCUT2D eigenvalue weighted by molar-refractivity contribution is -0.128. The number of benzene rings is 2. The van der Waals surface area contributed by atoms with Crippen molar-refractivity contribution in [2.75, 3.05) is 32.8 Å². The van der Waals surface area contributed by atoms with Gasteiger partial charge in [-0.15, -0.1) is 0 Å². The number of fused-ring (bicyclic) bond motifs is 3. The highest BCUT2D eigenvalue weighted by atomic mass is 16.7. The number of hydroxylamine groups is 1. The lowest BCUT2D eigenvalue weighted by atomic mass is 9.98. The molecule has 0 spiro atoms. The Hall–Kier alpha value is -4.78. The highest BCUT2D eigenvalue weighted by Gasteiger charge is 2.29. The normalized spacial score (nSPS) is 11.9. The minimum absolute atomic E-state index is 0.0971. The van der Waals surface area contributed by atoms with Gasteiger partial charge in [-0.25, -0.2) is 9.59 Å². The van der Waals surface area contributed by atoms with Crippen LogP contribution in [0.2, 0.25) is 0 Å². The van der Waals surface area contributed by atoms with Crippen LogP contribution in [0, 0.1) is 0 Å². The molecule has 0 saturated heterocycles. The lowest BCUT2D eigenvalue weighted by Gasteiger charge is -2.19. The van der Waals surface area contributed by atoms with Crippen LogP contribution in [0.15, 0.2) is 48.5 Å². The summed E-state index contributed by atoms with van der Waals surface area (Å²) < 4.78 is 10.4. The van der Waals surface area contributed by atoms with E-state index in [2.05, 4.69) is 21.4 Å². The molecule has 13 heteroatoms. The predicted molar refractivity (Wildman–Crippen MR) is 163 cm³/mol. The molecule has 4 amide bonds. The Morgan fingerprint density at radius 2 is 1.31 bits per heavy atom. The predicted octanol–water partition coefficient (Wildman–Crippen LogP) is 2.91. The third-order valence-electron chi connectivity index (χ3n) is 6.60. The number of carbonyl (C=O) groups excluding carboxylic acids is 6. The van der Waals surface area contributed by atoms with Crippen molar-refractivity contribution < 1.29 is 43.1 Å². The molecule has 0 aliphatic heterocycles. The van der Waals surface area contributed by atoms with Gasteiger partial charge in [0.25, 0.3) is 0 Å². The van der Waals surface area contributed by atoms with Gasteiger partial charge in [0, 0.05) is 31.7 Å². The van der Waals surface area contributed by atoms with Crippen LogP contribution in [0.4, 0.5) is 9.59 Å². The highest BCUT2D eigenvalue weighted by Crippen LogP contribution is 2.44. The number of Topliss-reactive ketones (excluding diaryl/α,β-unsaturated/α-hetero) is 2. The first kappa shape index (κ1) is 34.7. The van der Waals surface area contributed by atoms with Gasteiger partial charge in [0.1, 0.15) is 12.2 Å². The van der Waals surface area contributed by atoms with Crippen LogP contribution in [0.3, 0.4) is 0 Å². The van der Waals surface area contributed by atoms with E-state index in [0.717, 1.165) is 22.3 Å². The summed E-state index contributed by atoms with van der Waals surface area (Å²) in [4.78, 5) is 76.4. The highest BCUT2D eigenvalue weighted by molar-refractivity contribution is 5.90. The number of nitrogens with one attached hydrogen (secondary N) is 4. The number of carbonyl (C=O) groups is 6. The Bertz CT molecular complexity index is 1340. The van der Waals surface area contributed by atoms with Crippen molar-refractivity contribution in [1.29, 1.82) is 0 Å². The summed E-state index contributed by atoms with van der Waals surface area (Å²) in [7, 11) is 0. The Kier molecular flexibility index (Phi) is 13.0. The standard InChI is InChI=1S/C32H40N4O9/c1-32(2,3)45-30(41)35-18-22(38)14-15-28(39)34-17-21(37)9-8-16-33-29(40)20-44-36-31(42)43-19-27-25-12-6-4-10-23(25)24-11-5-7-13-26(24)27/h4-7,10-13,27H,8-9,14-20H2,1-3H3,(H,33,40)(H,34,39)(H,35,41)(H,36,42). The van der Waals surface area contributed by atoms with Gasteiger partial charge in [-0.1, -0.05) is 48.5 Å². The van der Waals surface area contributed by atoms with Crippen molar-refractivity contribution in [2.45, 2.75) is 58.0 Å². The summed E-state index contributed by atoms with van der Waals surface area (Å²) in [5, 5.41) is 7.34. The van der Waals surface area contributed by atoms with Crippen LogP contribution in [0.25, 0.3) is 11.1 Å². The van der Waals surface area contributed by atoms with E-state index in [1.165, 1.54) is 0 Å². The van der Waals surface area contributed by atoms with E-state index in [0.29, 0.717) is 6.42 Å². The van der Waals surface area contributed by atoms with Crippen LogP contribution in [0.5, 0.6) is 0 Å². The Balaban J connectivity index is 1.20. The molecule has 0 heterocycles. The molecule has 1 aliphatic rings. The van der Waals surface area contributed by atoms with E-state index in [1.807, 2.05) is 48.5 Å². The summed E-state index contributed by atoms with van der Waals surface area (Å²) in [6.07, 6.45) is -1.32. The summed E-state index contributed by atoms with van der Waals surface area (Å²) in [5.41, 5.74) is 5.78. The SMILES string of the molecule is CC(C)(C)OC(=O)NCC(=O)CCC(=O)NCC(=O)CCCNC(=O)CONC(=O)OCC1c2ccccc2-c2ccccc21. The summed E-state index contributed by atoms with van der Waals surface area (Å²) in [6, 6.07) is 15.9. The quantitative estimate of drug-likeness (QED) is 0.161. The van der Waals surface area contributed by atoms with E-state index in [1.54, 1.807) is 20.8 Å². The van der Waals surface area contributed by atoms with Crippen molar-refractivity contribution >= 4 is 35.6 Å². The van der Waals surface area contributed by atoms with Gasteiger partial charge in [-0.05, 0) is 49.4 Å². The molecular formula is C32H40N4O9. The van der Waals surface area contributed by atoms with Gasteiger partial charge >= 0.3 is 12.2 Å². The molecule has 2 aromatic carbocycles. The largest absolute Gasteiger partial charge is 0.447 e. The minimum Gasteiger partial charge on any atom is -0.447 e. The van der Waals surface area contributed by atoms with E-state index in [4.69, 9.17) is 14.3 Å². The maximum atomic E-state index is 12.1. The van der Waals surface area contributed by atoms with Crippen LogP contribution < -0.4 is 21.4 Å². The average Bonchev–Trinajstić information content (AvgIpc) is 3.31. The Morgan fingerprint density at radius 1 is 0.711 bits per heavy atom. The second-order valence-electron chi connectivity index (χ2n) is 11.4. The average molecular weight is 625 g/mol. The molecule has 0 radical (unpaired) electrons. The van der Waals surface area contributed by atoms with E-state index < -0.39 is 36.2 Å². The van der Waals surface area contributed by atoms with Crippen LogP contribution in [-0.2, 0) is 33.5 Å². The van der Waals surface area contributed by atoms with Crippen LogP contribution in [-0.4, -0.2) is 74.0 Å². The second kappa shape index (κ2) is 16.9. The monoisotopic (exact) mass is 624 g/mol. The molecule has 0 atom stereocenters. The number of hydrogen-bond donors (Lipinski definition) is 4. The molecule has 4 N–H and O–H groups in total. The van der Waals surface area contributed by atoms with Gasteiger partial charge in [-0.2, -0.15) is 5.48 Å². The maximum absolute atomic E-state index is 12.1. The fourth-order valence-electron chi connectivity index (χ4n) is 4.55. The zero-order valence-electron chi connectivity index (χ0n) is 25.7. The molecule has 0 aromatic heterocycles. The minimum atomic E-state index is -0.820. The van der Waals surface area contributed by atoms with Gasteiger partial charge < -0.3 is 25.4 Å². The molecular weight excluding hydrogens is 584 g/mol. The van der Waals surface area contributed by atoms with E-state index in [-0.39, 0.29) is 63.0 Å². The first-order valence-electron chi connectivity index (χ1n) is 14.7. The molecule has 1 aliphatic carbocycles. The van der Waals surface area contributed by atoms with Crippen molar-refractivity contribution in [1.82, 2.24) is 21.4 Å². The van der Waals surface area contributed by atoms with Crippen molar-refractivity contribution in [3.8, 4) is 11.1 Å². The second-order valence-corrected chi connectivity index (χ2v) is 11.4. The molecule has 242 valence electrons. The van der Waals surface area contributed by atoms with Crippen LogP contribution >= 0.6 is 0 Å². The molecule has 0 bridgehead atoms. The third kappa shape index (κ3) is 12.0. The first-order chi connectivity index (χ1) is 21.4. The van der Waals surface area contributed by atoms with Crippen LogP contribution in [0.1, 0.15) is 63.5 Å². The number of hydrogen-bond acceptors (Lipinski definition) is 9. The van der Waals surface area contributed by atoms with Crippen molar-refractivity contribution in [2.24, 2.45) is 0 Å². The number of ether oxygens (including phenoxy) is 2. The number of amides is 4. The number of ketones is 2. The summed E-state index contributed by atoms with van der Waals surface area (Å²) in [6.45, 7) is 4.47. The smallest absolute Gasteiger partial charge is 0.431 e. The van der Waals surface area contributed by atoms with Crippen molar-refractivity contribution in [3.63, 3.8) is 0 Å². The zero-order chi connectivity index (χ0) is 32.8. The molecule has 0 unspecified atom stereocenters. The Labute approximate surface area is 261 Å². The van der Waals surface area contributed by atoms with Crippen molar-refractivity contribution in [3.05, 3.63) is 59.7 Å². The first-order valence-corrected chi connectivity index (χ1v) is 14.7. The molecule has 2 aromatic rings. The van der Waals surface area contributed by atoms with Gasteiger partial charge in [-0.3, -0.25) is 24.0 Å². The van der Waals surface area contributed by atoms with Gasteiger partial charge in [0.15, 0.2) is 18.2 Å². The summed E-state index contributed by atoms with van der Waals surface area (Å²) in [5.74, 6) is -1.67. The molecule has 0 fully saturated rings. The van der Waals surface area contributed by atoms with Gasteiger partial charge in [0.2, 0.25) is 11.8 Å². The topological polar surface area (TPSA) is 178 Å². The van der Waals surface area contributed by atoms with Gasteiger partial charge in [0.05, 0.1) is 13.1 Å². The Morgan fingerprint density at radius 3 is 1.96 bits per heavy atom. The fraction of sp³-hybridized carbons (Fsp3) is 0.438. The van der Waals surface area contributed by atoms with E-state index in [9.17, 15) is 28.8 Å². The third-order valence-corrected chi connectivity index (χ3v) is 6.60. The number of rotatable bonds is 16. The lowest BCUT2D eigenvalue weighted by Crippen LogP contribution is -2.36. The maximum Gasteiger partial charge on any atom is 0.431 e. The van der Waals surface area contributed by atoms with E-state index >= 15 is 0 Å². The molecule has 45 heavy (non-hydrogen) atoms. The molecule has 13 nitrogen and oxygen atoms in total. The summed E-state index contributed by atoms with van der Waals surface area (Å²) >= 11 is 0. The molecule has 3 rings (SSSR count).